The minimum atomic E-state index is -0.355. The Hall–Kier alpha value is -3.35. The Balaban J connectivity index is 1.46. The van der Waals surface area contributed by atoms with Gasteiger partial charge in [-0.25, -0.2) is 4.98 Å². The molecule has 0 bridgehead atoms. The number of unbranched alkanes of at least 4 members (excludes halogenated alkanes) is 1. The van der Waals surface area contributed by atoms with E-state index in [9.17, 15) is 9.59 Å². The Bertz CT molecular complexity index is 842. The van der Waals surface area contributed by atoms with E-state index in [1.165, 1.54) is 6.26 Å². The number of imidazole rings is 1. The fourth-order valence-corrected chi connectivity index (χ4v) is 2.48. The van der Waals surface area contributed by atoms with E-state index in [0.29, 0.717) is 17.8 Å². The molecule has 0 atom stereocenters. The van der Waals surface area contributed by atoms with Crippen LogP contribution >= 0.6 is 0 Å². The number of carbonyl (C=O) groups excluding carboxylic acids is 2. The number of amides is 2. The second-order valence-electron chi connectivity index (χ2n) is 5.78. The van der Waals surface area contributed by atoms with Crippen molar-refractivity contribution < 1.29 is 14.0 Å². The van der Waals surface area contributed by atoms with E-state index in [0.717, 1.165) is 19.4 Å². The Labute approximate surface area is 151 Å². The summed E-state index contributed by atoms with van der Waals surface area (Å²) in [5.74, 6) is -0.300. The average molecular weight is 352 g/mol. The van der Waals surface area contributed by atoms with Crippen LogP contribution in [0.15, 0.2) is 65.8 Å². The smallest absolute Gasteiger partial charge is 0.291 e. The van der Waals surface area contributed by atoms with Gasteiger partial charge in [0.15, 0.2) is 5.76 Å². The van der Waals surface area contributed by atoms with E-state index in [1.807, 2.05) is 10.8 Å². The van der Waals surface area contributed by atoms with Crippen LogP contribution in [0.2, 0.25) is 0 Å². The van der Waals surface area contributed by atoms with Gasteiger partial charge in [0.1, 0.15) is 0 Å². The van der Waals surface area contributed by atoms with Crippen LogP contribution in [0.5, 0.6) is 0 Å². The number of rotatable bonds is 8. The van der Waals surface area contributed by atoms with Crippen LogP contribution in [0.1, 0.15) is 33.8 Å². The topological polar surface area (TPSA) is 89.2 Å². The number of aromatic nitrogens is 2. The van der Waals surface area contributed by atoms with Gasteiger partial charge in [0.25, 0.3) is 11.8 Å². The molecule has 26 heavy (non-hydrogen) atoms. The Morgan fingerprint density at radius 1 is 1.12 bits per heavy atom. The van der Waals surface area contributed by atoms with Crippen LogP contribution in [0.3, 0.4) is 0 Å². The van der Waals surface area contributed by atoms with Gasteiger partial charge in [-0.3, -0.25) is 9.59 Å². The standard InChI is InChI=1S/C19H20N4O3/c24-18(21-8-1-2-10-23-11-9-20-14-23)15-5-3-6-16(13-15)22-19(25)17-7-4-12-26-17/h3-7,9,11-14H,1-2,8,10H2,(H,21,24)(H,22,25). The highest BCUT2D eigenvalue weighted by atomic mass is 16.3. The van der Waals surface area contributed by atoms with E-state index in [2.05, 4.69) is 15.6 Å². The highest BCUT2D eigenvalue weighted by Crippen LogP contribution is 2.13. The van der Waals surface area contributed by atoms with E-state index in [1.54, 1.807) is 48.9 Å². The molecule has 0 aliphatic heterocycles. The molecule has 7 heteroatoms. The number of carbonyl (C=O) groups is 2. The third-order valence-corrected chi connectivity index (χ3v) is 3.82. The molecular formula is C19H20N4O3. The van der Waals surface area contributed by atoms with Crippen LogP contribution in [-0.4, -0.2) is 27.9 Å². The number of anilines is 1. The third-order valence-electron chi connectivity index (χ3n) is 3.82. The molecule has 1 aromatic carbocycles. The van der Waals surface area contributed by atoms with E-state index >= 15 is 0 Å². The SMILES string of the molecule is O=C(NCCCCn1ccnc1)c1cccc(NC(=O)c2ccco2)c1. The quantitative estimate of drug-likeness (QED) is 0.610. The highest BCUT2D eigenvalue weighted by Gasteiger charge is 2.10. The number of nitrogens with zero attached hydrogens (tertiary/aromatic N) is 2. The zero-order chi connectivity index (χ0) is 18.2. The molecule has 2 heterocycles. The van der Waals surface area contributed by atoms with E-state index in [-0.39, 0.29) is 17.6 Å². The summed E-state index contributed by atoms with van der Waals surface area (Å²) >= 11 is 0. The van der Waals surface area contributed by atoms with Crippen molar-refractivity contribution in [1.29, 1.82) is 0 Å². The van der Waals surface area contributed by atoms with Crippen LogP contribution < -0.4 is 10.6 Å². The molecule has 0 saturated carbocycles. The van der Waals surface area contributed by atoms with Gasteiger partial charge in [-0.05, 0) is 43.2 Å². The van der Waals surface area contributed by atoms with Gasteiger partial charge in [-0.15, -0.1) is 0 Å². The summed E-state index contributed by atoms with van der Waals surface area (Å²) in [4.78, 5) is 28.2. The molecule has 0 fully saturated rings. The summed E-state index contributed by atoms with van der Waals surface area (Å²) in [5.41, 5.74) is 1.04. The molecule has 134 valence electrons. The number of nitrogens with one attached hydrogen (secondary N) is 2. The van der Waals surface area contributed by atoms with Gasteiger partial charge in [0, 0.05) is 36.7 Å². The van der Waals surface area contributed by atoms with Gasteiger partial charge in [-0.2, -0.15) is 0 Å². The highest BCUT2D eigenvalue weighted by molar-refractivity contribution is 6.03. The van der Waals surface area contributed by atoms with Crippen molar-refractivity contribution in [2.75, 3.05) is 11.9 Å². The van der Waals surface area contributed by atoms with Crippen molar-refractivity contribution in [1.82, 2.24) is 14.9 Å². The molecule has 0 spiro atoms. The second kappa shape index (κ2) is 8.66. The summed E-state index contributed by atoms with van der Waals surface area (Å²) in [6.07, 6.45) is 8.71. The first-order valence-corrected chi connectivity index (χ1v) is 8.41. The lowest BCUT2D eigenvalue weighted by Gasteiger charge is -2.08. The lowest BCUT2D eigenvalue weighted by atomic mass is 10.2. The lowest BCUT2D eigenvalue weighted by Crippen LogP contribution is -2.24. The average Bonchev–Trinajstić information content (AvgIpc) is 3.35. The fraction of sp³-hybridized carbons (Fsp3) is 0.211. The molecule has 2 amide bonds. The van der Waals surface area contributed by atoms with Gasteiger partial charge >= 0.3 is 0 Å². The maximum absolute atomic E-state index is 12.2. The molecule has 2 N–H and O–H groups in total. The monoisotopic (exact) mass is 352 g/mol. The molecule has 0 aliphatic rings. The summed E-state index contributed by atoms with van der Waals surface area (Å²) in [7, 11) is 0. The first-order valence-electron chi connectivity index (χ1n) is 8.41. The van der Waals surface area contributed by atoms with Gasteiger partial charge < -0.3 is 19.6 Å². The van der Waals surface area contributed by atoms with Crippen molar-refractivity contribution in [2.24, 2.45) is 0 Å². The Morgan fingerprint density at radius 2 is 2.04 bits per heavy atom. The molecule has 7 nitrogen and oxygen atoms in total. The Kier molecular flexibility index (Phi) is 5.82. The number of benzene rings is 1. The fourth-order valence-electron chi connectivity index (χ4n) is 2.48. The molecule has 2 aromatic heterocycles. The van der Waals surface area contributed by atoms with E-state index in [4.69, 9.17) is 4.42 Å². The number of aryl methyl sites for hydroxylation is 1. The molecule has 0 radical (unpaired) electrons. The van der Waals surface area contributed by atoms with E-state index < -0.39 is 0 Å². The zero-order valence-corrected chi connectivity index (χ0v) is 14.2. The van der Waals surface area contributed by atoms with Crippen LogP contribution in [0, 0.1) is 0 Å². The number of hydrogen-bond donors (Lipinski definition) is 2. The molecule has 3 rings (SSSR count). The predicted octanol–water partition coefficient (Wildman–Crippen LogP) is 2.94. The van der Waals surface area contributed by atoms with Crippen LogP contribution in [-0.2, 0) is 6.54 Å². The molecule has 0 aliphatic carbocycles. The van der Waals surface area contributed by atoms with Crippen molar-refractivity contribution in [3.8, 4) is 0 Å². The minimum Gasteiger partial charge on any atom is -0.459 e. The van der Waals surface area contributed by atoms with Crippen molar-refractivity contribution in [3.05, 3.63) is 72.7 Å². The first-order chi connectivity index (χ1) is 12.7. The second-order valence-corrected chi connectivity index (χ2v) is 5.78. The summed E-state index contributed by atoms with van der Waals surface area (Å²) < 4.78 is 7.06. The zero-order valence-electron chi connectivity index (χ0n) is 14.2. The number of furan rings is 1. The summed E-state index contributed by atoms with van der Waals surface area (Å²) in [6, 6.07) is 10.0. The van der Waals surface area contributed by atoms with Crippen molar-refractivity contribution in [2.45, 2.75) is 19.4 Å². The lowest BCUT2D eigenvalue weighted by molar-refractivity contribution is 0.0950. The largest absolute Gasteiger partial charge is 0.459 e. The normalized spacial score (nSPS) is 10.5. The van der Waals surface area contributed by atoms with Gasteiger partial charge in [0.2, 0.25) is 0 Å². The van der Waals surface area contributed by atoms with Crippen molar-refractivity contribution >= 4 is 17.5 Å². The van der Waals surface area contributed by atoms with Gasteiger partial charge in [-0.1, -0.05) is 6.07 Å². The van der Waals surface area contributed by atoms with Crippen molar-refractivity contribution in [3.63, 3.8) is 0 Å². The first kappa shape index (κ1) is 17.5. The third kappa shape index (κ3) is 4.83. The Morgan fingerprint density at radius 3 is 2.81 bits per heavy atom. The summed E-state index contributed by atoms with van der Waals surface area (Å²) in [5, 5.41) is 5.60. The summed E-state index contributed by atoms with van der Waals surface area (Å²) in [6.45, 7) is 1.47. The predicted molar refractivity (Wildman–Crippen MR) is 96.9 cm³/mol. The van der Waals surface area contributed by atoms with Crippen LogP contribution in [0.4, 0.5) is 5.69 Å². The molecule has 0 saturated heterocycles. The maximum Gasteiger partial charge on any atom is 0.291 e. The minimum absolute atomic E-state index is 0.165. The number of hydrogen-bond acceptors (Lipinski definition) is 4. The maximum atomic E-state index is 12.2. The molecule has 3 aromatic rings. The van der Waals surface area contributed by atoms with Crippen LogP contribution in [0.25, 0.3) is 0 Å². The molecule has 0 unspecified atom stereocenters. The molecular weight excluding hydrogens is 332 g/mol. The van der Waals surface area contributed by atoms with Gasteiger partial charge in [0.05, 0.1) is 12.6 Å².